The van der Waals surface area contributed by atoms with Crippen molar-refractivity contribution in [1.29, 1.82) is 0 Å². The lowest BCUT2D eigenvalue weighted by Gasteiger charge is -2.19. The van der Waals surface area contributed by atoms with E-state index in [9.17, 15) is 0 Å². The summed E-state index contributed by atoms with van der Waals surface area (Å²) in [7, 11) is 0. The third kappa shape index (κ3) is 2.12. The summed E-state index contributed by atoms with van der Waals surface area (Å²) in [5, 5.41) is 6.90. The Labute approximate surface area is 111 Å². The van der Waals surface area contributed by atoms with Crippen LogP contribution in [0.3, 0.4) is 0 Å². The van der Waals surface area contributed by atoms with E-state index in [4.69, 9.17) is 0 Å². The maximum Gasteiger partial charge on any atom is 0.139 e. The molecular formula is C14H17N3S. The Morgan fingerprint density at radius 2 is 2.22 bits per heavy atom. The fourth-order valence-electron chi connectivity index (χ4n) is 2.40. The van der Waals surface area contributed by atoms with E-state index in [-0.39, 0.29) is 0 Å². The molecule has 1 aliphatic carbocycles. The molecule has 0 fully saturated rings. The number of hydrogen-bond acceptors (Lipinski definition) is 4. The molecule has 94 valence electrons. The summed E-state index contributed by atoms with van der Waals surface area (Å²) in [5.41, 5.74) is 1.26. The molecule has 0 aromatic carbocycles. The van der Waals surface area contributed by atoms with Gasteiger partial charge in [0, 0.05) is 6.04 Å². The van der Waals surface area contributed by atoms with Crippen LogP contribution in [0.15, 0.2) is 17.5 Å². The fourth-order valence-corrected chi connectivity index (χ4v) is 3.37. The van der Waals surface area contributed by atoms with Crippen LogP contribution in [0.25, 0.3) is 10.2 Å². The highest BCUT2D eigenvalue weighted by Gasteiger charge is 2.14. The van der Waals surface area contributed by atoms with Crippen molar-refractivity contribution in [3.05, 3.63) is 28.9 Å². The molecule has 0 aliphatic heterocycles. The van der Waals surface area contributed by atoms with Crippen LogP contribution in [-0.4, -0.2) is 16.0 Å². The van der Waals surface area contributed by atoms with Crippen LogP contribution in [-0.2, 0) is 0 Å². The maximum atomic E-state index is 4.58. The Bertz CT molecular complexity index is 600. The molecule has 0 radical (unpaired) electrons. The zero-order valence-electron chi connectivity index (χ0n) is 10.7. The summed E-state index contributed by atoms with van der Waals surface area (Å²) in [6.45, 7) is 4.08. The minimum atomic E-state index is 0.413. The fraction of sp³-hybridized carbons (Fsp3) is 0.429. The van der Waals surface area contributed by atoms with Gasteiger partial charge in [-0.15, -0.1) is 11.3 Å². The van der Waals surface area contributed by atoms with Crippen LogP contribution in [0.2, 0.25) is 0 Å². The molecule has 0 amide bonds. The predicted molar refractivity (Wildman–Crippen MR) is 77.3 cm³/mol. The van der Waals surface area contributed by atoms with Crippen LogP contribution >= 0.6 is 11.3 Å². The van der Waals surface area contributed by atoms with Crippen molar-refractivity contribution >= 4 is 27.4 Å². The number of nitrogens with one attached hydrogen (secondary N) is 1. The molecule has 4 heteroatoms. The highest BCUT2D eigenvalue weighted by Crippen LogP contribution is 2.30. The second kappa shape index (κ2) is 4.69. The van der Waals surface area contributed by atoms with E-state index < -0.39 is 0 Å². The van der Waals surface area contributed by atoms with Crippen LogP contribution in [0.4, 0.5) is 5.82 Å². The number of anilines is 1. The Hall–Kier alpha value is -1.42. The molecule has 1 aliphatic rings. The van der Waals surface area contributed by atoms with Crippen molar-refractivity contribution in [2.45, 2.75) is 39.2 Å². The van der Waals surface area contributed by atoms with Gasteiger partial charge < -0.3 is 5.32 Å². The molecular weight excluding hydrogens is 242 g/mol. The number of rotatable bonds is 2. The van der Waals surface area contributed by atoms with Gasteiger partial charge in [-0.05, 0) is 44.1 Å². The van der Waals surface area contributed by atoms with E-state index in [0.29, 0.717) is 6.04 Å². The first-order valence-electron chi connectivity index (χ1n) is 6.39. The Morgan fingerprint density at radius 3 is 3.00 bits per heavy atom. The molecule has 0 saturated heterocycles. The molecule has 0 spiro atoms. The summed E-state index contributed by atoms with van der Waals surface area (Å²) in [5.74, 6) is 1.83. The first kappa shape index (κ1) is 11.7. The van der Waals surface area contributed by atoms with Crippen molar-refractivity contribution in [2.75, 3.05) is 5.32 Å². The first-order valence-corrected chi connectivity index (χ1v) is 7.27. The van der Waals surface area contributed by atoms with Gasteiger partial charge in [0.2, 0.25) is 0 Å². The third-order valence-electron chi connectivity index (χ3n) is 3.31. The highest BCUT2D eigenvalue weighted by atomic mass is 32.1. The second-order valence-corrected chi connectivity index (χ2v) is 5.69. The molecule has 1 unspecified atom stereocenters. The molecule has 1 atom stereocenters. The largest absolute Gasteiger partial charge is 0.363 e. The van der Waals surface area contributed by atoms with Gasteiger partial charge in [-0.25, -0.2) is 9.97 Å². The van der Waals surface area contributed by atoms with Gasteiger partial charge in [0.15, 0.2) is 0 Å². The van der Waals surface area contributed by atoms with Crippen LogP contribution in [0.1, 0.15) is 30.7 Å². The predicted octanol–water partition coefficient (Wildman–Crippen LogP) is 3.83. The average molecular weight is 259 g/mol. The molecule has 3 nitrogen and oxygen atoms in total. The van der Waals surface area contributed by atoms with E-state index >= 15 is 0 Å². The normalized spacial score (nSPS) is 19.3. The van der Waals surface area contributed by atoms with E-state index in [2.05, 4.69) is 39.7 Å². The second-order valence-electron chi connectivity index (χ2n) is 4.83. The Balaban J connectivity index is 2.01. The lowest BCUT2D eigenvalue weighted by molar-refractivity contribution is 0.672. The minimum absolute atomic E-state index is 0.413. The molecule has 3 rings (SSSR count). The standard InChI is InChI=1S/C14H17N3S/c1-9-8-18-14-12(9)13(15-10(2)16-14)17-11-6-4-3-5-7-11/h4,6,8,11H,3,5,7H2,1-2H3,(H,15,16,17). The van der Waals surface area contributed by atoms with E-state index in [0.717, 1.165) is 16.5 Å². The number of hydrogen-bond donors (Lipinski definition) is 1. The van der Waals surface area contributed by atoms with Crippen LogP contribution in [0.5, 0.6) is 0 Å². The van der Waals surface area contributed by atoms with E-state index in [1.165, 1.54) is 30.2 Å². The average Bonchev–Trinajstić information content (AvgIpc) is 2.72. The number of aromatic nitrogens is 2. The molecule has 2 aromatic heterocycles. The number of aryl methyl sites for hydroxylation is 2. The number of allylic oxidation sites excluding steroid dienone is 1. The summed E-state index contributed by atoms with van der Waals surface area (Å²) in [6.07, 6.45) is 8.16. The highest BCUT2D eigenvalue weighted by molar-refractivity contribution is 7.17. The third-order valence-corrected chi connectivity index (χ3v) is 4.30. The van der Waals surface area contributed by atoms with Gasteiger partial charge in [0.1, 0.15) is 16.5 Å². The minimum Gasteiger partial charge on any atom is -0.363 e. The molecule has 0 saturated carbocycles. The lowest BCUT2D eigenvalue weighted by Crippen LogP contribution is -2.19. The van der Waals surface area contributed by atoms with Crippen molar-refractivity contribution in [3.63, 3.8) is 0 Å². The lowest BCUT2D eigenvalue weighted by atomic mass is 10.0. The Kier molecular flexibility index (Phi) is 3.04. The van der Waals surface area contributed by atoms with Gasteiger partial charge in [-0.3, -0.25) is 0 Å². The summed E-state index contributed by atoms with van der Waals surface area (Å²) < 4.78 is 0. The van der Waals surface area contributed by atoms with Gasteiger partial charge in [-0.2, -0.15) is 0 Å². The van der Waals surface area contributed by atoms with Crippen LogP contribution < -0.4 is 5.32 Å². The Morgan fingerprint density at radius 1 is 1.33 bits per heavy atom. The quantitative estimate of drug-likeness (QED) is 0.833. The summed E-state index contributed by atoms with van der Waals surface area (Å²) in [6, 6.07) is 0.413. The number of nitrogens with zero attached hydrogens (tertiary/aromatic N) is 2. The molecule has 2 heterocycles. The topological polar surface area (TPSA) is 37.8 Å². The van der Waals surface area contributed by atoms with Gasteiger partial charge in [0.05, 0.1) is 5.39 Å². The number of thiophene rings is 1. The SMILES string of the molecule is Cc1nc(NC2C=CCCC2)c2c(C)csc2n1. The zero-order chi connectivity index (χ0) is 12.5. The summed E-state index contributed by atoms with van der Waals surface area (Å²) in [4.78, 5) is 10.2. The number of fused-ring (bicyclic) bond motifs is 1. The zero-order valence-corrected chi connectivity index (χ0v) is 11.5. The maximum absolute atomic E-state index is 4.58. The smallest absolute Gasteiger partial charge is 0.139 e. The van der Waals surface area contributed by atoms with Crippen molar-refractivity contribution in [3.8, 4) is 0 Å². The van der Waals surface area contributed by atoms with E-state index in [1.807, 2.05) is 6.92 Å². The van der Waals surface area contributed by atoms with Gasteiger partial charge in [0.25, 0.3) is 0 Å². The first-order chi connectivity index (χ1) is 8.74. The summed E-state index contributed by atoms with van der Waals surface area (Å²) >= 11 is 1.70. The van der Waals surface area contributed by atoms with Gasteiger partial charge >= 0.3 is 0 Å². The van der Waals surface area contributed by atoms with Crippen molar-refractivity contribution in [1.82, 2.24) is 9.97 Å². The van der Waals surface area contributed by atoms with Gasteiger partial charge in [-0.1, -0.05) is 12.2 Å². The molecule has 1 N–H and O–H groups in total. The van der Waals surface area contributed by atoms with Crippen molar-refractivity contribution < 1.29 is 0 Å². The van der Waals surface area contributed by atoms with Crippen molar-refractivity contribution in [2.24, 2.45) is 0 Å². The van der Waals surface area contributed by atoms with E-state index in [1.54, 1.807) is 11.3 Å². The van der Waals surface area contributed by atoms with Crippen LogP contribution in [0, 0.1) is 13.8 Å². The molecule has 2 aromatic rings. The molecule has 0 bridgehead atoms. The monoisotopic (exact) mass is 259 g/mol. The molecule has 18 heavy (non-hydrogen) atoms.